The molecular weight excluding hydrogens is 456 g/mol. The largest absolute Gasteiger partial charge is 0.347 e. The predicted molar refractivity (Wildman–Crippen MR) is 112 cm³/mol. The topological polar surface area (TPSA) is 125 Å². The molecule has 9 nitrogen and oxygen atoms in total. The lowest BCUT2D eigenvalue weighted by Crippen LogP contribution is -2.47. The van der Waals surface area contributed by atoms with E-state index in [9.17, 15) is 26.8 Å². The third-order valence-corrected chi connectivity index (χ3v) is 8.36. The molecule has 2 amide bonds. The third kappa shape index (κ3) is 3.97. The highest BCUT2D eigenvalue weighted by molar-refractivity contribution is 7.93. The number of halogens is 2. The molecular formula is C21H21F2N5O4S. The first-order valence-corrected chi connectivity index (χ1v) is 11.8. The van der Waals surface area contributed by atoms with E-state index in [1.807, 2.05) is 6.07 Å². The molecule has 0 saturated heterocycles. The van der Waals surface area contributed by atoms with Crippen LogP contribution in [0.4, 0.5) is 8.78 Å². The van der Waals surface area contributed by atoms with Gasteiger partial charge in [-0.15, -0.1) is 0 Å². The fraction of sp³-hybridized carbons (Fsp3) is 0.429. The maximum absolute atomic E-state index is 13.1. The standard InChI is InChI=1S/C21H21F2N5O4S/c1-27-17-15(16(26-27)18(29)25-11-14-4-2-13(10-24)3-5-14)6-9-28(19(17)30)12-21(7-8-21)33(31,32)20(22)23/h2-5,20H,6-9,11-12H2,1H3,(H,25,29). The van der Waals surface area contributed by atoms with Crippen LogP contribution in [0.5, 0.6) is 0 Å². The van der Waals surface area contributed by atoms with Gasteiger partial charge in [0.15, 0.2) is 5.69 Å². The summed E-state index contributed by atoms with van der Waals surface area (Å²) in [6.45, 7) is 0.00124. The number of sulfone groups is 1. The molecule has 1 aromatic heterocycles. The number of hydrogen-bond acceptors (Lipinski definition) is 6. The summed E-state index contributed by atoms with van der Waals surface area (Å²) in [4.78, 5) is 27.0. The number of carbonyl (C=O) groups is 2. The van der Waals surface area contributed by atoms with Gasteiger partial charge in [0.2, 0.25) is 9.84 Å². The van der Waals surface area contributed by atoms with Gasteiger partial charge in [-0.05, 0) is 37.0 Å². The lowest BCUT2D eigenvalue weighted by atomic mass is 10.0. The van der Waals surface area contributed by atoms with Crippen molar-refractivity contribution in [2.24, 2.45) is 7.05 Å². The Kier molecular flexibility index (Phi) is 5.69. The zero-order valence-corrected chi connectivity index (χ0v) is 18.5. The molecule has 0 spiro atoms. The number of aryl methyl sites for hydroxylation is 1. The number of benzene rings is 1. The van der Waals surface area contributed by atoms with E-state index in [0.29, 0.717) is 11.1 Å². The highest BCUT2D eigenvalue weighted by atomic mass is 32.2. The molecule has 1 fully saturated rings. The normalized spacial score (nSPS) is 16.9. The quantitative estimate of drug-likeness (QED) is 0.643. The zero-order valence-electron chi connectivity index (χ0n) is 17.7. The number of rotatable bonds is 7. The van der Waals surface area contributed by atoms with E-state index in [1.54, 1.807) is 24.3 Å². The van der Waals surface area contributed by atoms with E-state index in [2.05, 4.69) is 10.4 Å². The first kappa shape index (κ1) is 22.8. The Bertz CT molecular complexity index is 1260. The minimum Gasteiger partial charge on any atom is -0.347 e. The molecule has 33 heavy (non-hydrogen) atoms. The molecule has 4 rings (SSSR count). The van der Waals surface area contributed by atoms with Crippen LogP contribution >= 0.6 is 0 Å². The maximum Gasteiger partial charge on any atom is 0.337 e. The van der Waals surface area contributed by atoms with Crippen molar-refractivity contribution in [1.82, 2.24) is 20.0 Å². The number of amides is 2. The number of alkyl halides is 2. The lowest BCUT2D eigenvalue weighted by molar-refractivity contribution is 0.0723. The summed E-state index contributed by atoms with van der Waals surface area (Å²) in [6.07, 6.45) is 0.425. The molecule has 0 bridgehead atoms. The molecule has 12 heteroatoms. The van der Waals surface area contributed by atoms with Gasteiger partial charge in [0, 0.05) is 32.2 Å². The predicted octanol–water partition coefficient (Wildman–Crippen LogP) is 1.39. The third-order valence-electron chi connectivity index (χ3n) is 6.14. The van der Waals surface area contributed by atoms with E-state index in [0.717, 1.165) is 5.56 Å². The summed E-state index contributed by atoms with van der Waals surface area (Å²) in [5.41, 5.74) is 1.97. The van der Waals surface area contributed by atoms with Crippen LogP contribution in [-0.2, 0) is 29.9 Å². The number of carbonyl (C=O) groups excluding carboxylic acids is 2. The first-order chi connectivity index (χ1) is 15.6. The molecule has 2 aromatic rings. The second kappa shape index (κ2) is 8.22. The molecule has 174 valence electrons. The molecule has 1 aliphatic carbocycles. The van der Waals surface area contributed by atoms with Crippen LogP contribution in [0.3, 0.4) is 0 Å². The number of aromatic nitrogens is 2. The Morgan fingerprint density at radius 3 is 2.55 bits per heavy atom. The van der Waals surface area contributed by atoms with Crippen LogP contribution in [0.25, 0.3) is 0 Å². The average Bonchev–Trinajstić information content (AvgIpc) is 3.51. The van der Waals surface area contributed by atoms with Gasteiger partial charge in [-0.3, -0.25) is 14.3 Å². The first-order valence-electron chi connectivity index (χ1n) is 10.2. The Labute approximate surface area is 188 Å². The van der Waals surface area contributed by atoms with Gasteiger partial charge in [0.05, 0.1) is 16.4 Å². The molecule has 0 atom stereocenters. The summed E-state index contributed by atoms with van der Waals surface area (Å²) < 4.78 is 49.9. The van der Waals surface area contributed by atoms with Crippen LogP contribution < -0.4 is 5.32 Å². The average molecular weight is 477 g/mol. The summed E-state index contributed by atoms with van der Waals surface area (Å²) >= 11 is 0. The van der Waals surface area contributed by atoms with Crippen molar-refractivity contribution in [2.45, 2.75) is 36.3 Å². The van der Waals surface area contributed by atoms with Crippen molar-refractivity contribution in [3.63, 3.8) is 0 Å². The van der Waals surface area contributed by atoms with Gasteiger partial charge in [-0.25, -0.2) is 8.42 Å². The number of nitrogens with one attached hydrogen (secondary N) is 1. The summed E-state index contributed by atoms with van der Waals surface area (Å²) in [7, 11) is -3.15. The number of nitriles is 1. The minimum absolute atomic E-state index is 0.0880. The molecule has 2 heterocycles. The fourth-order valence-corrected chi connectivity index (χ4v) is 5.46. The van der Waals surface area contributed by atoms with Gasteiger partial charge < -0.3 is 10.2 Å². The van der Waals surface area contributed by atoms with Crippen LogP contribution in [-0.4, -0.2) is 58.5 Å². The van der Waals surface area contributed by atoms with Gasteiger partial charge in [-0.1, -0.05) is 12.1 Å². The van der Waals surface area contributed by atoms with Crippen molar-refractivity contribution in [2.75, 3.05) is 13.1 Å². The second-order valence-electron chi connectivity index (χ2n) is 8.26. The number of nitrogens with zero attached hydrogens (tertiary/aromatic N) is 4. The van der Waals surface area contributed by atoms with E-state index < -0.39 is 32.2 Å². The highest BCUT2D eigenvalue weighted by Gasteiger charge is 2.59. The van der Waals surface area contributed by atoms with Crippen LogP contribution in [0.15, 0.2) is 24.3 Å². The van der Waals surface area contributed by atoms with E-state index in [4.69, 9.17) is 5.26 Å². The van der Waals surface area contributed by atoms with Crippen molar-refractivity contribution in [3.8, 4) is 6.07 Å². The number of hydrogen-bond donors (Lipinski definition) is 1. The van der Waals surface area contributed by atoms with Crippen LogP contribution in [0, 0.1) is 11.3 Å². The van der Waals surface area contributed by atoms with Gasteiger partial charge in [-0.2, -0.15) is 19.1 Å². The molecule has 0 radical (unpaired) electrons. The lowest BCUT2D eigenvalue weighted by Gasteiger charge is -2.30. The van der Waals surface area contributed by atoms with Crippen LogP contribution in [0.2, 0.25) is 0 Å². The monoisotopic (exact) mass is 477 g/mol. The SMILES string of the molecule is Cn1nc(C(=O)NCc2ccc(C#N)cc2)c2c1C(=O)N(CC1(S(=O)(=O)C(F)F)CC1)CC2. The molecule has 1 aromatic carbocycles. The van der Waals surface area contributed by atoms with Gasteiger partial charge >= 0.3 is 5.76 Å². The molecule has 2 aliphatic rings. The van der Waals surface area contributed by atoms with E-state index in [-0.39, 0.29) is 50.3 Å². The molecule has 1 N–H and O–H groups in total. The molecule has 1 saturated carbocycles. The van der Waals surface area contributed by atoms with Gasteiger partial charge in [0.25, 0.3) is 11.8 Å². The van der Waals surface area contributed by atoms with E-state index in [1.165, 1.54) is 16.6 Å². The summed E-state index contributed by atoms with van der Waals surface area (Å²) in [6, 6.07) is 8.72. The van der Waals surface area contributed by atoms with Crippen molar-refractivity contribution in [3.05, 3.63) is 52.3 Å². The smallest absolute Gasteiger partial charge is 0.337 e. The Morgan fingerprint density at radius 1 is 1.30 bits per heavy atom. The van der Waals surface area contributed by atoms with Crippen molar-refractivity contribution >= 4 is 21.7 Å². The molecule has 0 unspecified atom stereocenters. The summed E-state index contributed by atoms with van der Waals surface area (Å²) in [5.74, 6) is -4.50. The van der Waals surface area contributed by atoms with Gasteiger partial charge in [0.1, 0.15) is 5.69 Å². The van der Waals surface area contributed by atoms with Crippen LogP contribution in [0.1, 0.15) is 50.5 Å². The van der Waals surface area contributed by atoms with Crippen molar-refractivity contribution in [1.29, 1.82) is 5.26 Å². The summed E-state index contributed by atoms with van der Waals surface area (Å²) in [5, 5.41) is 15.8. The van der Waals surface area contributed by atoms with E-state index >= 15 is 0 Å². The van der Waals surface area contributed by atoms with Crippen molar-refractivity contribution < 1.29 is 26.8 Å². The molecule has 1 aliphatic heterocycles. The zero-order chi connectivity index (χ0) is 24.0. The fourth-order valence-electron chi connectivity index (χ4n) is 4.08. The Balaban J connectivity index is 1.49. The maximum atomic E-state index is 13.1. The minimum atomic E-state index is -4.65. The highest BCUT2D eigenvalue weighted by Crippen LogP contribution is 2.47. The second-order valence-corrected chi connectivity index (χ2v) is 10.6. The Morgan fingerprint density at radius 2 is 1.97 bits per heavy atom. The number of fused-ring (bicyclic) bond motifs is 1. The Hall–Kier alpha value is -3.33.